The van der Waals surface area contributed by atoms with Crippen LogP contribution in [0.4, 0.5) is 5.69 Å². The predicted molar refractivity (Wildman–Crippen MR) is 84.1 cm³/mol. The lowest BCUT2D eigenvalue weighted by molar-refractivity contribution is 1.07. The lowest BCUT2D eigenvalue weighted by Gasteiger charge is -2.04. The van der Waals surface area contributed by atoms with Crippen LogP contribution in [0.15, 0.2) is 47.8 Å². The molecule has 3 rings (SSSR count). The number of rotatable bonds is 5. The molecule has 2 heterocycles. The molecule has 4 nitrogen and oxygen atoms in total. The summed E-state index contributed by atoms with van der Waals surface area (Å²) >= 11 is 1.67. The topological polar surface area (TPSA) is 53.6 Å². The van der Waals surface area contributed by atoms with Gasteiger partial charge in [0.15, 0.2) is 5.16 Å². The molecule has 1 aromatic carbocycles. The van der Waals surface area contributed by atoms with Crippen molar-refractivity contribution < 1.29 is 0 Å². The minimum atomic E-state index is 0.805. The van der Waals surface area contributed by atoms with Crippen LogP contribution in [-0.4, -0.2) is 21.5 Å². The normalized spacial score (nSPS) is 10.8. The van der Waals surface area contributed by atoms with Crippen LogP contribution in [0.25, 0.3) is 11.0 Å². The SMILES string of the molecule is CCNc1ccnc(CSc2nc3ccccc3[nH]2)c1. The van der Waals surface area contributed by atoms with Crippen molar-refractivity contribution in [3.63, 3.8) is 0 Å². The van der Waals surface area contributed by atoms with Gasteiger partial charge in [0, 0.05) is 24.2 Å². The number of hydrogen-bond acceptors (Lipinski definition) is 4. The molecule has 0 amide bonds. The minimum Gasteiger partial charge on any atom is -0.385 e. The summed E-state index contributed by atoms with van der Waals surface area (Å²) in [5.41, 5.74) is 4.24. The molecule has 0 atom stereocenters. The van der Waals surface area contributed by atoms with Crippen LogP contribution in [0.1, 0.15) is 12.6 Å². The fraction of sp³-hybridized carbons (Fsp3) is 0.200. The highest BCUT2D eigenvalue weighted by Crippen LogP contribution is 2.23. The van der Waals surface area contributed by atoms with Gasteiger partial charge in [0.2, 0.25) is 0 Å². The maximum Gasteiger partial charge on any atom is 0.166 e. The number of imidazole rings is 1. The third-order valence-electron chi connectivity index (χ3n) is 2.92. The van der Waals surface area contributed by atoms with E-state index in [1.54, 1.807) is 11.8 Å². The molecule has 0 radical (unpaired) electrons. The second-order valence-electron chi connectivity index (χ2n) is 4.41. The van der Waals surface area contributed by atoms with Crippen molar-refractivity contribution in [3.05, 3.63) is 48.3 Å². The Kier molecular flexibility index (Phi) is 3.87. The Labute approximate surface area is 122 Å². The molecule has 0 saturated carbocycles. The fourth-order valence-corrected chi connectivity index (χ4v) is 2.80. The molecule has 3 aromatic rings. The lowest BCUT2D eigenvalue weighted by Crippen LogP contribution is -1.97. The van der Waals surface area contributed by atoms with E-state index in [1.165, 1.54) is 0 Å². The van der Waals surface area contributed by atoms with Gasteiger partial charge in [0.25, 0.3) is 0 Å². The molecule has 2 aromatic heterocycles. The Hall–Kier alpha value is -2.01. The summed E-state index contributed by atoms with van der Waals surface area (Å²) in [6.07, 6.45) is 1.84. The first kappa shape index (κ1) is 13.0. The number of H-pyrrole nitrogens is 1. The molecular formula is C15H16N4S. The third kappa shape index (κ3) is 2.93. The fourth-order valence-electron chi connectivity index (χ4n) is 2.01. The van der Waals surface area contributed by atoms with Crippen LogP contribution >= 0.6 is 11.8 Å². The first-order valence-corrected chi connectivity index (χ1v) is 7.60. The largest absolute Gasteiger partial charge is 0.385 e. The number of benzene rings is 1. The Morgan fingerprint density at radius 3 is 3.00 bits per heavy atom. The van der Waals surface area contributed by atoms with Gasteiger partial charge in [-0.05, 0) is 31.2 Å². The highest BCUT2D eigenvalue weighted by atomic mass is 32.2. The van der Waals surface area contributed by atoms with Crippen LogP contribution in [-0.2, 0) is 5.75 Å². The number of para-hydroxylation sites is 2. The van der Waals surface area contributed by atoms with Crippen molar-refractivity contribution in [3.8, 4) is 0 Å². The van der Waals surface area contributed by atoms with Gasteiger partial charge in [0.05, 0.1) is 16.7 Å². The van der Waals surface area contributed by atoms with Gasteiger partial charge in [-0.2, -0.15) is 0 Å². The number of nitrogens with zero attached hydrogens (tertiary/aromatic N) is 2. The number of thioether (sulfide) groups is 1. The molecule has 0 aliphatic heterocycles. The summed E-state index contributed by atoms with van der Waals surface area (Å²) in [5, 5.41) is 4.23. The monoisotopic (exact) mass is 284 g/mol. The molecule has 5 heteroatoms. The number of fused-ring (bicyclic) bond motifs is 1. The van der Waals surface area contributed by atoms with Crippen LogP contribution in [0.3, 0.4) is 0 Å². The zero-order chi connectivity index (χ0) is 13.8. The predicted octanol–water partition coefficient (Wildman–Crippen LogP) is 3.68. The maximum absolute atomic E-state index is 4.55. The van der Waals surface area contributed by atoms with Crippen LogP contribution < -0.4 is 5.32 Å². The van der Waals surface area contributed by atoms with E-state index in [9.17, 15) is 0 Å². The Balaban J connectivity index is 1.71. The van der Waals surface area contributed by atoms with Crippen molar-refractivity contribution >= 4 is 28.5 Å². The first-order valence-electron chi connectivity index (χ1n) is 6.61. The molecule has 2 N–H and O–H groups in total. The smallest absolute Gasteiger partial charge is 0.166 e. The molecule has 0 aliphatic carbocycles. The summed E-state index contributed by atoms with van der Waals surface area (Å²) in [6.45, 7) is 3.00. The number of pyridine rings is 1. The highest BCUT2D eigenvalue weighted by molar-refractivity contribution is 7.98. The summed E-state index contributed by atoms with van der Waals surface area (Å²) in [5.74, 6) is 0.805. The second-order valence-corrected chi connectivity index (χ2v) is 5.38. The van der Waals surface area contributed by atoms with Gasteiger partial charge in [-0.3, -0.25) is 4.98 Å². The van der Waals surface area contributed by atoms with E-state index in [4.69, 9.17) is 0 Å². The third-order valence-corrected chi connectivity index (χ3v) is 3.83. The van der Waals surface area contributed by atoms with Crippen molar-refractivity contribution in [2.45, 2.75) is 17.8 Å². The number of aromatic nitrogens is 3. The second kappa shape index (κ2) is 5.96. The van der Waals surface area contributed by atoms with Gasteiger partial charge < -0.3 is 10.3 Å². The molecular weight excluding hydrogens is 268 g/mol. The van der Waals surface area contributed by atoms with E-state index in [1.807, 2.05) is 36.5 Å². The number of nitrogens with one attached hydrogen (secondary N) is 2. The van der Waals surface area contributed by atoms with Gasteiger partial charge in [-0.1, -0.05) is 23.9 Å². The number of aromatic amines is 1. The van der Waals surface area contributed by atoms with E-state index < -0.39 is 0 Å². The lowest BCUT2D eigenvalue weighted by atomic mass is 10.3. The average Bonchev–Trinajstić information content (AvgIpc) is 2.89. The number of hydrogen-bond donors (Lipinski definition) is 2. The van der Waals surface area contributed by atoms with Gasteiger partial charge in [-0.15, -0.1) is 0 Å². The van der Waals surface area contributed by atoms with E-state index in [-0.39, 0.29) is 0 Å². The molecule has 0 fully saturated rings. The molecule has 0 unspecified atom stereocenters. The quantitative estimate of drug-likeness (QED) is 0.702. The number of anilines is 1. The van der Waals surface area contributed by atoms with Crippen molar-refractivity contribution in [2.75, 3.05) is 11.9 Å². The van der Waals surface area contributed by atoms with Gasteiger partial charge >= 0.3 is 0 Å². The van der Waals surface area contributed by atoms with E-state index >= 15 is 0 Å². The first-order chi connectivity index (χ1) is 9.85. The molecule has 0 aliphatic rings. The van der Waals surface area contributed by atoms with Crippen molar-refractivity contribution in [2.24, 2.45) is 0 Å². The van der Waals surface area contributed by atoms with Crippen molar-refractivity contribution in [1.82, 2.24) is 15.0 Å². The summed E-state index contributed by atoms with van der Waals surface area (Å²) < 4.78 is 0. The zero-order valence-electron chi connectivity index (χ0n) is 11.3. The molecule has 0 saturated heterocycles. The zero-order valence-corrected chi connectivity index (χ0v) is 12.1. The standard InChI is InChI=1S/C15H16N4S/c1-2-16-11-7-8-17-12(9-11)10-20-15-18-13-5-3-4-6-14(13)19-15/h3-9H,2,10H2,1H3,(H,16,17)(H,18,19). The maximum atomic E-state index is 4.55. The van der Waals surface area contributed by atoms with E-state index in [0.717, 1.165) is 39.9 Å². The van der Waals surface area contributed by atoms with Crippen LogP contribution in [0.2, 0.25) is 0 Å². The van der Waals surface area contributed by atoms with Gasteiger partial charge in [0.1, 0.15) is 0 Å². The molecule has 0 bridgehead atoms. The summed E-state index contributed by atoms with van der Waals surface area (Å²) in [4.78, 5) is 12.3. The highest BCUT2D eigenvalue weighted by Gasteiger charge is 2.04. The molecule has 0 spiro atoms. The molecule has 102 valence electrons. The summed E-state index contributed by atoms with van der Waals surface area (Å²) in [6, 6.07) is 12.1. The molecule has 20 heavy (non-hydrogen) atoms. The van der Waals surface area contributed by atoms with Gasteiger partial charge in [-0.25, -0.2) is 4.98 Å². The van der Waals surface area contributed by atoms with Crippen LogP contribution in [0.5, 0.6) is 0 Å². The minimum absolute atomic E-state index is 0.805. The van der Waals surface area contributed by atoms with E-state index in [0.29, 0.717) is 0 Å². The van der Waals surface area contributed by atoms with Crippen molar-refractivity contribution in [1.29, 1.82) is 0 Å². The van der Waals surface area contributed by atoms with Crippen LogP contribution in [0, 0.1) is 0 Å². The average molecular weight is 284 g/mol. The Morgan fingerprint density at radius 2 is 2.15 bits per heavy atom. The summed E-state index contributed by atoms with van der Waals surface area (Å²) in [7, 11) is 0. The Bertz CT molecular complexity index is 675. The Morgan fingerprint density at radius 1 is 1.25 bits per heavy atom. The van der Waals surface area contributed by atoms with E-state index in [2.05, 4.69) is 33.3 Å².